The minimum Gasteiger partial charge on any atom is -0.493 e. The van der Waals surface area contributed by atoms with Gasteiger partial charge >= 0.3 is 0 Å². The molecule has 12 heteroatoms. The predicted octanol–water partition coefficient (Wildman–Crippen LogP) is 2.82. The van der Waals surface area contributed by atoms with Crippen LogP contribution in [-0.4, -0.2) is 109 Å². The molecule has 1 fully saturated rings. The average Bonchev–Trinajstić information content (AvgIpc) is 3.60. The number of nitrogens with zero attached hydrogens (tertiary/aromatic N) is 4. The van der Waals surface area contributed by atoms with Gasteiger partial charge in [-0.25, -0.2) is 0 Å². The lowest BCUT2D eigenvalue weighted by Crippen LogP contribution is -2.51. The molecule has 4 rings (SSSR count). The number of amides is 4. The second kappa shape index (κ2) is 20.0. The zero-order chi connectivity index (χ0) is 36.6. The summed E-state index contributed by atoms with van der Waals surface area (Å²) in [5.74, 6) is -0.361. The van der Waals surface area contributed by atoms with Gasteiger partial charge in [-0.3, -0.25) is 24.1 Å². The Morgan fingerprint density at radius 2 is 1.39 bits per heavy atom. The molecule has 0 spiro atoms. The number of likely N-dealkylation sites (tertiary alicyclic amines) is 1. The lowest BCUT2D eigenvalue weighted by molar-refractivity contribution is -0.146. The van der Waals surface area contributed by atoms with Crippen molar-refractivity contribution in [2.75, 3.05) is 60.0 Å². The number of carbonyl (C=O) groups is 4. The molecule has 3 aromatic carbocycles. The van der Waals surface area contributed by atoms with Crippen molar-refractivity contribution in [2.45, 2.75) is 51.2 Å². The first-order valence-electron chi connectivity index (χ1n) is 17.6. The number of hydrogen-bond acceptors (Lipinski definition) is 8. The standard InChI is InChI=1S/C39H52N6O6/c1-50-34-18-17-30(24-35(34)51-2)19-23-44(39(49)33-16-11-22-42(33)25-31-12-5-3-6-13-31)28-38(48)45(26-32-14-7-4-8-15-32)29-37(47)43(27-36(41)46)21-10-9-20-40/h3-8,12-15,17-18,24,33H,9-11,16,19-23,25-29,40H2,1-2H3,(H2,41,46)/t33-/m0/s1. The molecule has 0 radical (unpaired) electrons. The van der Waals surface area contributed by atoms with E-state index < -0.39 is 11.8 Å². The molecule has 4 amide bonds. The summed E-state index contributed by atoms with van der Waals surface area (Å²) in [4.78, 5) is 60.9. The van der Waals surface area contributed by atoms with Crippen LogP contribution in [0.1, 0.15) is 42.4 Å². The monoisotopic (exact) mass is 700 g/mol. The van der Waals surface area contributed by atoms with Crippen LogP contribution in [0.3, 0.4) is 0 Å². The van der Waals surface area contributed by atoms with Crippen LogP contribution in [-0.2, 0) is 38.7 Å². The third-order valence-corrected chi connectivity index (χ3v) is 9.11. The van der Waals surface area contributed by atoms with Crippen molar-refractivity contribution in [1.82, 2.24) is 19.6 Å². The number of nitrogens with two attached hydrogens (primary N) is 2. The number of benzene rings is 3. The van der Waals surface area contributed by atoms with Crippen LogP contribution in [0, 0.1) is 0 Å². The van der Waals surface area contributed by atoms with Crippen molar-refractivity contribution in [2.24, 2.45) is 11.5 Å². The molecule has 1 saturated heterocycles. The molecule has 0 aliphatic carbocycles. The van der Waals surface area contributed by atoms with Crippen LogP contribution in [0.25, 0.3) is 0 Å². The molecule has 0 bridgehead atoms. The molecule has 1 aliphatic rings. The highest BCUT2D eigenvalue weighted by molar-refractivity contribution is 5.91. The summed E-state index contributed by atoms with van der Waals surface area (Å²) in [6, 6.07) is 24.6. The number of hydrogen-bond donors (Lipinski definition) is 2. The van der Waals surface area contributed by atoms with Crippen molar-refractivity contribution in [3.8, 4) is 11.5 Å². The first-order chi connectivity index (χ1) is 24.7. The maximum atomic E-state index is 14.4. The highest BCUT2D eigenvalue weighted by atomic mass is 16.5. The molecule has 1 aliphatic heterocycles. The highest BCUT2D eigenvalue weighted by Gasteiger charge is 2.35. The SMILES string of the molecule is COc1ccc(CCN(CC(=O)N(CC(=O)N(CCCCN)CC(N)=O)Cc2ccccc2)C(=O)[C@@H]2CCCN2Cc2ccccc2)cc1OC. The highest BCUT2D eigenvalue weighted by Crippen LogP contribution is 2.28. The third kappa shape index (κ3) is 11.8. The summed E-state index contributed by atoms with van der Waals surface area (Å²) in [7, 11) is 3.15. The third-order valence-electron chi connectivity index (χ3n) is 9.11. The van der Waals surface area contributed by atoms with Crippen LogP contribution in [0.2, 0.25) is 0 Å². The van der Waals surface area contributed by atoms with Gasteiger partial charge in [0.1, 0.15) is 6.54 Å². The summed E-state index contributed by atoms with van der Waals surface area (Å²) in [6.45, 7) is 1.83. The zero-order valence-electron chi connectivity index (χ0n) is 29.9. The van der Waals surface area contributed by atoms with Crippen molar-refractivity contribution in [3.63, 3.8) is 0 Å². The van der Waals surface area contributed by atoms with Crippen LogP contribution in [0.5, 0.6) is 11.5 Å². The summed E-state index contributed by atoms with van der Waals surface area (Å²) in [6.07, 6.45) is 3.30. The van der Waals surface area contributed by atoms with Crippen LogP contribution in [0.15, 0.2) is 78.9 Å². The van der Waals surface area contributed by atoms with Gasteiger partial charge in [0.2, 0.25) is 23.6 Å². The Labute approximate surface area is 301 Å². The molecule has 3 aromatic rings. The van der Waals surface area contributed by atoms with E-state index in [0.29, 0.717) is 56.8 Å². The molecule has 274 valence electrons. The first kappa shape index (κ1) is 38.9. The van der Waals surface area contributed by atoms with E-state index >= 15 is 0 Å². The molecule has 4 N–H and O–H groups in total. The summed E-state index contributed by atoms with van der Waals surface area (Å²) < 4.78 is 10.9. The van der Waals surface area contributed by atoms with Crippen molar-refractivity contribution >= 4 is 23.6 Å². The molecule has 12 nitrogen and oxygen atoms in total. The second-order valence-electron chi connectivity index (χ2n) is 12.8. The lowest BCUT2D eigenvalue weighted by atomic mass is 10.1. The minimum absolute atomic E-state index is 0.125. The number of ether oxygens (including phenoxy) is 2. The Morgan fingerprint density at radius 3 is 2.04 bits per heavy atom. The molecule has 0 unspecified atom stereocenters. The fourth-order valence-electron chi connectivity index (χ4n) is 6.38. The topological polar surface area (TPSA) is 152 Å². The quantitative estimate of drug-likeness (QED) is 0.171. The Balaban J connectivity index is 1.59. The van der Waals surface area contributed by atoms with Crippen molar-refractivity contribution in [3.05, 3.63) is 95.6 Å². The summed E-state index contributed by atoms with van der Waals surface area (Å²) in [5, 5.41) is 0. The van der Waals surface area contributed by atoms with Crippen molar-refractivity contribution < 1.29 is 28.7 Å². The molecule has 0 aromatic heterocycles. The van der Waals surface area contributed by atoms with E-state index in [0.717, 1.165) is 29.7 Å². The van der Waals surface area contributed by atoms with Crippen LogP contribution in [0.4, 0.5) is 0 Å². The number of carbonyl (C=O) groups excluding carboxylic acids is 4. The summed E-state index contributed by atoms with van der Waals surface area (Å²) >= 11 is 0. The number of unbranched alkanes of at least 4 members (excludes halogenated alkanes) is 1. The van der Waals surface area contributed by atoms with Gasteiger partial charge in [0, 0.05) is 26.2 Å². The average molecular weight is 701 g/mol. The molecule has 1 atom stereocenters. The van der Waals surface area contributed by atoms with Gasteiger partial charge in [-0.1, -0.05) is 66.7 Å². The molecular weight excluding hydrogens is 648 g/mol. The van der Waals surface area contributed by atoms with E-state index in [2.05, 4.69) is 4.90 Å². The molecule has 1 heterocycles. The van der Waals surface area contributed by atoms with E-state index in [1.165, 1.54) is 9.80 Å². The van der Waals surface area contributed by atoms with Gasteiger partial charge in [0.05, 0.1) is 33.4 Å². The Morgan fingerprint density at radius 1 is 0.745 bits per heavy atom. The van der Waals surface area contributed by atoms with E-state index in [1.807, 2.05) is 78.9 Å². The Bertz CT molecular complexity index is 1570. The number of rotatable bonds is 20. The summed E-state index contributed by atoms with van der Waals surface area (Å²) in [5.41, 5.74) is 14.0. The zero-order valence-corrected chi connectivity index (χ0v) is 29.9. The number of primary amides is 1. The first-order valence-corrected chi connectivity index (χ1v) is 17.6. The normalized spacial score (nSPS) is 14.1. The fourth-order valence-corrected chi connectivity index (χ4v) is 6.38. The molecule has 51 heavy (non-hydrogen) atoms. The maximum absolute atomic E-state index is 14.4. The molecule has 0 saturated carbocycles. The fraction of sp³-hybridized carbons (Fsp3) is 0.436. The van der Waals surface area contributed by atoms with Gasteiger partial charge in [0.15, 0.2) is 11.5 Å². The van der Waals surface area contributed by atoms with Gasteiger partial charge in [-0.15, -0.1) is 0 Å². The Hall–Kier alpha value is -4.94. The molecular formula is C39H52N6O6. The van der Waals surface area contributed by atoms with Crippen LogP contribution >= 0.6 is 0 Å². The second-order valence-corrected chi connectivity index (χ2v) is 12.8. The van der Waals surface area contributed by atoms with E-state index in [1.54, 1.807) is 19.1 Å². The van der Waals surface area contributed by atoms with Gasteiger partial charge in [-0.2, -0.15) is 0 Å². The van der Waals surface area contributed by atoms with Crippen molar-refractivity contribution in [1.29, 1.82) is 0 Å². The van der Waals surface area contributed by atoms with Gasteiger partial charge in [-0.05, 0) is 74.0 Å². The van der Waals surface area contributed by atoms with E-state index in [9.17, 15) is 19.2 Å². The largest absolute Gasteiger partial charge is 0.493 e. The number of methoxy groups -OCH3 is 2. The Kier molecular flexibility index (Phi) is 15.3. The van der Waals surface area contributed by atoms with Gasteiger partial charge in [0.25, 0.3) is 0 Å². The predicted molar refractivity (Wildman–Crippen MR) is 196 cm³/mol. The van der Waals surface area contributed by atoms with Gasteiger partial charge < -0.3 is 35.6 Å². The van der Waals surface area contributed by atoms with E-state index in [4.69, 9.17) is 20.9 Å². The lowest BCUT2D eigenvalue weighted by Gasteiger charge is -2.32. The smallest absolute Gasteiger partial charge is 0.242 e. The minimum atomic E-state index is -0.638. The van der Waals surface area contributed by atoms with E-state index in [-0.39, 0.29) is 50.6 Å². The van der Waals surface area contributed by atoms with Crippen LogP contribution < -0.4 is 20.9 Å². The maximum Gasteiger partial charge on any atom is 0.242 e.